The molecule has 1 aromatic rings. The maximum absolute atomic E-state index is 12.0. The molecule has 2 N–H and O–H groups in total. The van der Waals surface area contributed by atoms with Gasteiger partial charge in [0.05, 0.1) is 6.54 Å². The number of nitrogens with one attached hydrogen (secondary N) is 2. The Balaban J connectivity index is 2.55. The molecule has 0 aromatic carbocycles. The Kier molecular flexibility index (Phi) is 7.08. The van der Waals surface area contributed by atoms with Crippen molar-refractivity contribution in [1.29, 1.82) is 0 Å². The second kappa shape index (κ2) is 8.07. The minimum absolute atomic E-state index is 0.0186. The van der Waals surface area contributed by atoms with E-state index in [-0.39, 0.29) is 5.09 Å². The molecule has 1 atom stereocenters. The first-order chi connectivity index (χ1) is 9.35. The molecule has 1 heterocycles. The van der Waals surface area contributed by atoms with Gasteiger partial charge in [-0.25, -0.2) is 13.1 Å². The topological polar surface area (TPSA) is 71.3 Å². The highest BCUT2D eigenvalue weighted by atomic mass is 32.2. The summed E-state index contributed by atoms with van der Waals surface area (Å²) in [4.78, 5) is 0. The average Bonchev–Trinajstić information content (AvgIpc) is 2.85. The molecule has 1 unspecified atom stereocenters. The van der Waals surface area contributed by atoms with Crippen LogP contribution in [0.4, 0.5) is 0 Å². The van der Waals surface area contributed by atoms with Gasteiger partial charge in [-0.2, -0.15) is 11.8 Å². The molecular weight excluding hydrogens is 296 g/mol. The zero-order chi connectivity index (χ0) is 15.2. The molecule has 0 aliphatic heterocycles. The van der Waals surface area contributed by atoms with Crippen molar-refractivity contribution >= 4 is 21.8 Å². The lowest BCUT2D eigenvalue weighted by molar-refractivity contribution is 0.393. The summed E-state index contributed by atoms with van der Waals surface area (Å²) >= 11 is 1.72. The molecule has 0 bridgehead atoms. The predicted octanol–water partition coefficient (Wildman–Crippen LogP) is 2.20. The highest BCUT2D eigenvalue weighted by Gasteiger charge is 2.18. The van der Waals surface area contributed by atoms with Crippen molar-refractivity contribution in [3.05, 3.63) is 17.9 Å². The van der Waals surface area contributed by atoms with Crippen molar-refractivity contribution < 1.29 is 12.8 Å². The summed E-state index contributed by atoms with van der Waals surface area (Å²) in [5, 5.41) is 3.59. The predicted molar refractivity (Wildman–Crippen MR) is 83.5 cm³/mol. The third kappa shape index (κ3) is 5.87. The van der Waals surface area contributed by atoms with E-state index in [2.05, 4.69) is 17.0 Å². The number of rotatable bonds is 9. The molecular formula is C13H24N2O3S2. The molecule has 0 amide bonds. The van der Waals surface area contributed by atoms with E-state index in [0.29, 0.717) is 30.1 Å². The van der Waals surface area contributed by atoms with Gasteiger partial charge in [0.15, 0.2) is 0 Å². The molecule has 0 aliphatic rings. The molecule has 1 rings (SSSR count). The van der Waals surface area contributed by atoms with E-state index in [1.165, 1.54) is 6.07 Å². The summed E-state index contributed by atoms with van der Waals surface area (Å²) in [5.41, 5.74) is 0. The van der Waals surface area contributed by atoms with Crippen molar-refractivity contribution in [2.24, 2.45) is 0 Å². The minimum Gasteiger partial charge on any atom is -0.447 e. The normalized spacial score (nSPS) is 13.8. The first-order valence-electron chi connectivity index (χ1n) is 6.69. The lowest BCUT2D eigenvalue weighted by atomic mass is 10.3. The summed E-state index contributed by atoms with van der Waals surface area (Å²) in [6.45, 7) is 7.06. The van der Waals surface area contributed by atoms with Gasteiger partial charge in [0.1, 0.15) is 5.76 Å². The molecule has 0 saturated heterocycles. The summed E-state index contributed by atoms with van der Waals surface area (Å²) in [6, 6.07) is 3.51. The lowest BCUT2D eigenvalue weighted by Gasteiger charge is -2.08. The number of hydrogen-bond donors (Lipinski definition) is 2. The van der Waals surface area contributed by atoms with E-state index in [1.54, 1.807) is 17.8 Å². The molecule has 0 fully saturated rings. The Morgan fingerprint density at radius 3 is 2.60 bits per heavy atom. The minimum atomic E-state index is -3.54. The highest BCUT2D eigenvalue weighted by Crippen LogP contribution is 2.14. The van der Waals surface area contributed by atoms with Gasteiger partial charge in [-0.15, -0.1) is 0 Å². The van der Waals surface area contributed by atoms with Crippen LogP contribution in [0.25, 0.3) is 0 Å². The summed E-state index contributed by atoms with van der Waals surface area (Å²) < 4.78 is 32.0. The van der Waals surface area contributed by atoms with E-state index in [9.17, 15) is 8.42 Å². The zero-order valence-corrected chi connectivity index (χ0v) is 14.1. The summed E-state index contributed by atoms with van der Waals surface area (Å²) in [7, 11) is -3.54. The van der Waals surface area contributed by atoms with Crippen LogP contribution in [-0.2, 0) is 16.6 Å². The third-order valence-corrected chi connectivity index (χ3v) is 5.21. The largest absolute Gasteiger partial charge is 0.447 e. The van der Waals surface area contributed by atoms with Crippen LogP contribution in [0.2, 0.25) is 0 Å². The van der Waals surface area contributed by atoms with Crippen LogP contribution in [-0.4, -0.2) is 32.5 Å². The molecule has 1 aromatic heterocycles. The standard InChI is InChI=1S/C13H24N2O3S2/c1-10(2)14-9-12-5-6-13(18-12)20(16,17)15-8-7-11(3)19-4/h5-6,10-11,14-15H,7-9H2,1-4H3. The Labute approximate surface area is 125 Å². The Bertz CT molecular complexity index is 497. The number of thioether (sulfide) groups is 1. The first kappa shape index (κ1) is 17.6. The molecule has 0 spiro atoms. The quantitative estimate of drug-likeness (QED) is 0.730. The maximum Gasteiger partial charge on any atom is 0.273 e. The van der Waals surface area contributed by atoms with E-state index >= 15 is 0 Å². The molecule has 20 heavy (non-hydrogen) atoms. The fourth-order valence-corrected chi connectivity index (χ4v) is 2.83. The van der Waals surface area contributed by atoms with Gasteiger partial charge in [-0.05, 0) is 24.8 Å². The van der Waals surface area contributed by atoms with E-state index < -0.39 is 10.0 Å². The second-order valence-electron chi connectivity index (χ2n) is 4.99. The Morgan fingerprint density at radius 2 is 2.00 bits per heavy atom. The highest BCUT2D eigenvalue weighted by molar-refractivity contribution is 7.99. The van der Waals surface area contributed by atoms with Crippen LogP contribution >= 0.6 is 11.8 Å². The average molecular weight is 320 g/mol. The summed E-state index contributed by atoms with van der Waals surface area (Å²) in [5.74, 6) is 0.622. The van der Waals surface area contributed by atoms with Crippen LogP contribution in [0.5, 0.6) is 0 Å². The third-order valence-electron chi connectivity index (χ3n) is 2.83. The van der Waals surface area contributed by atoms with Gasteiger partial charge in [-0.3, -0.25) is 0 Å². The fraction of sp³-hybridized carbons (Fsp3) is 0.692. The maximum atomic E-state index is 12.0. The van der Waals surface area contributed by atoms with Crippen molar-refractivity contribution in [3.63, 3.8) is 0 Å². The Morgan fingerprint density at radius 1 is 1.30 bits per heavy atom. The molecule has 0 radical (unpaired) electrons. The van der Waals surface area contributed by atoms with Crippen molar-refractivity contribution in [2.45, 2.75) is 50.1 Å². The molecule has 0 saturated carbocycles. The fourth-order valence-electron chi connectivity index (χ4n) is 1.49. The SMILES string of the molecule is CSC(C)CCNS(=O)(=O)c1ccc(CNC(C)C)o1. The van der Waals surface area contributed by atoms with Crippen molar-refractivity contribution in [1.82, 2.24) is 10.0 Å². The van der Waals surface area contributed by atoms with Crippen molar-refractivity contribution in [2.75, 3.05) is 12.8 Å². The molecule has 116 valence electrons. The molecule has 7 heteroatoms. The van der Waals surface area contributed by atoms with Gasteiger partial charge in [0.2, 0.25) is 5.09 Å². The molecule has 5 nitrogen and oxygen atoms in total. The van der Waals surface area contributed by atoms with Gasteiger partial charge in [-0.1, -0.05) is 20.8 Å². The second-order valence-corrected chi connectivity index (χ2v) is 7.96. The van der Waals surface area contributed by atoms with Crippen LogP contribution in [0, 0.1) is 0 Å². The van der Waals surface area contributed by atoms with Crippen LogP contribution in [0.1, 0.15) is 33.0 Å². The molecule has 0 aliphatic carbocycles. The number of hydrogen-bond acceptors (Lipinski definition) is 5. The van der Waals surface area contributed by atoms with Gasteiger partial charge < -0.3 is 9.73 Å². The lowest BCUT2D eigenvalue weighted by Crippen LogP contribution is -2.26. The van der Waals surface area contributed by atoms with E-state index in [1.807, 2.05) is 20.1 Å². The van der Waals surface area contributed by atoms with E-state index in [0.717, 1.165) is 6.42 Å². The Hall–Kier alpha value is -0.500. The van der Waals surface area contributed by atoms with E-state index in [4.69, 9.17) is 4.42 Å². The van der Waals surface area contributed by atoms with Crippen LogP contribution in [0.15, 0.2) is 21.6 Å². The van der Waals surface area contributed by atoms with Gasteiger partial charge in [0.25, 0.3) is 10.0 Å². The first-order valence-corrected chi connectivity index (χ1v) is 9.47. The monoisotopic (exact) mass is 320 g/mol. The van der Waals surface area contributed by atoms with Crippen LogP contribution < -0.4 is 10.0 Å². The van der Waals surface area contributed by atoms with Gasteiger partial charge in [0, 0.05) is 17.8 Å². The number of furan rings is 1. The zero-order valence-electron chi connectivity index (χ0n) is 12.5. The van der Waals surface area contributed by atoms with Crippen LogP contribution in [0.3, 0.4) is 0 Å². The number of sulfonamides is 1. The van der Waals surface area contributed by atoms with Gasteiger partial charge >= 0.3 is 0 Å². The summed E-state index contributed by atoms with van der Waals surface area (Å²) in [6.07, 6.45) is 2.81. The smallest absolute Gasteiger partial charge is 0.273 e. The van der Waals surface area contributed by atoms with Crippen molar-refractivity contribution in [3.8, 4) is 0 Å².